The lowest BCUT2D eigenvalue weighted by atomic mass is 10.1. The van der Waals surface area contributed by atoms with Crippen LogP contribution in [0.4, 0.5) is 8.78 Å². The SMILES string of the molecule is COc1cc(C(C)NCc2nncn2C)ccc1SC(F)F. The molecule has 1 N–H and O–H groups in total. The van der Waals surface area contributed by atoms with Crippen LogP contribution in [0.3, 0.4) is 0 Å². The van der Waals surface area contributed by atoms with Gasteiger partial charge in [0.05, 0.1) is 18.6 Å². The fraction of sp³-hybridized carbons (Fsp3) is 0.429. The van der Waals surface area contributed by atoms with Crippen LogP contribution in [0.25, 0.3) is 0 Å². The Morgan fingerprint density at radius 1 is 1.41 bits per heavy atom. The van der Waals surface area contributed by atoms with Crippen LogP contribution in [-0.4, -0.2) is 27.6 Å². The number of rotatable bonds is 7. The molecule has 120 valence electrons. The number of halogens is 2. The summed E-state index contributed by atoms with van der Waals surface area (Å²) in [5, 5.41) is 11.1. The van der Waals surface area contributed by atoms with E-state index in [1.165, 1.54) is 7.11 Å². The van der Waals surface area contributed by atoms with Gasteiger partial charge in [0.15, 0.2) is 0 Å². The normalized spacial score (nSPS) is 12.6. The first-order chi connectivity index (χ1) is 10.5. The van der Waals surface area contributed by atoms with Gasteiger partial charge >= 0.3 is 0 Å². The molecule has 2 aromatic rings. The molecule has 5 nitrogen and oxygen atoms in total. The summed E-state index contributed by atoms with van der Waals surface area (Å²) in [6.07, 6.45) is 1.64. The number of hydrogen-bond donors (Lipinski definition) is 1. The lowest BCUT2D eigenvalue weighted by Gasteiger charge is -2.16. The van der Waals surface area contributed by atoms with Crippen molar-refractivity contribution in [1.29, 1.82) is 0 Å². The summed E-state index contributed by atoms with van der Waals surface area (Å²) in [7, 11) is 3.35. The molecule has 0 aliphatic heterocycles. The van der Waals surface area contributed by atoms with Crippen molar-refractivity contribution in [3.05, 3.63) is 35.9 Å². The molecule has 0 aliphatic rings. The fourth-order valence-electron chi connectivity index (χ4n) is 1.98. The molecule has 1 atom stereocenters. The highest BCUT2D eigenvalue weighted by Gasteiger charge is 2.14. The number of ether oxygens (including phenoxy) is 1. The Bertz CT molecular complexity index is 621. The Morgan fingerprint density at radius 2 is 2.18 bits per heavy atom. The quantitative estimate of drug-likeness (QED) is 0.792. The highest BCUT2D eigenvalue weighted by atomic mass is 32.2. The lowest BCUT2D eigenvalue weighted by molar-refractivity contribution is 0.251. The van der Waals surface area contributed by atoms with Gasteiger partial charge in [-0.2, -0.15) is 8.78 Å². The molecular weight excluding hydrogens is 310 g/mol. The van der Waals surface area contributed by atoms with Crippen molar-refractivity contribution in [2.75, 3.05) is 7.11 Å². The number of aryl methyl sites for hydroxylation is 1. The van der Waals surface area contributed by atoms with Crippen molar-refractivity contribution in [1.82, 2.24) is 20.1 Å². The van der Waals surface area contributed by atoms with Gasteiger partial charge in [0.25, 0.3) is 5.76 Å². The maximum absolute atomic E-state index is 12.5. The molecule has 22 heavy (non-hydrogen) atoms. The first-order valence-corrected chi connectivity index (χ1v) is 7.58. The number of benzene rings is 1. The average molecular weight is 328 g/mol. The molecule has 0 saturated carbocycles. The monoisotopic (exact) mass is 328 g/mol. The molecule has 1 heterocycles. The van der Waals surface area contributed by atoms with Crippen LogP contribution in [0.5, 0.6) is 5.75 Å². The van der Waals surface area contributed by atoms with Gasteiger partial charge < -0.3 is 14.6 Å². The Balaban J connectivity index is 2.06. The standard InChI is InChI=1S/C14H18F2N4OS/c1-9(17-7-13-19-18-8-20(13)2)10-4-5-12(22-14(15)16)11(6-10)21-3/h4-6,8-9,14,17H,7H2,1-3H3. The van der Waals surface area contributed by atoms with Crippen LogP contribution >= 0.6 is 11.8 Å². The van der Waals surface area contributed by atoms with Crippen molar-refractivity contribution in [3.63, 3.8) is 0 Å². The van der Waals surface area contributed by atoms with Crippen molar-refractivity contribution in [3.8, 4) is 5.75 Å². The molecule has 1 aromatic carbocycles. The number of thioether (sulfide) groups is 1. The smallest absolute Gasteiger partial charge is 0.289 e. The Morgan fingerprint density at radius 3 is 2.77 bits per heavy atom. The number of nitrogens with zero attached hydrogens (tertiary/aromatic N) is 3. The predicted octanol–water partition coefficient (Wildman–Crippen LogP) is 2.99. The Labute approximate surface area is 132 Å². The molecule has 2 rings (SSSR count). The lowest BCUT2D eigenvalue weighted by Crippen LogP contribution is -2.20. The van der Waals surface area contributed by atoms with Gasteiger partial charge in [-0.25, -0.2) is 0 Å². The molecule has 1 aromatic heterocycles. The molecule has 8 heteroatoms. The summed E-state index contributed by atoms with van der Waals surface area (Å²) in [6, 6.07) is 5.28. The van der Waals surface area contributed by atoms with Crippen LogP contribution in [0.2, 0.25) is 0 Å². The van der Waals surface area contributed by atoms with Crippen molar-refractivity contribution < 1.29 is 13.5 Å². The zero-order valence-corrected chi connectivity index (χ0v) is 13.4. The van der Waals surface area contributed by atoms with Crippen LogP contribution in [0.1, 0.15) is 24.4 Å². The molecule has 0 bridgehead atoms. The highest BCUT2D eigenvalue weighted by Crippen LogP contribution is 2.35. The first kappa shape index (κ1) is 16.7. The topological polar surface area (TPSA) is 52.0 Å². The number of aromatic nitrogens is 3. The molecule has 0 aliphatic carbocycles. The fourth-order valence-corrected chi connectivity index (χ4v) is 2.57. The minimum absolute atomic E-state index is 0.0243. The van der Waals surface area contributed by atoms with Gasteiger partial charge in [0.2, 0.25) is 0 Å². The zero-order chi connectivity index (χ0) is 16.1. The van der Waals surface area contributed by atoms with E-state index in [0.29, 0.717) is 29.0 Å². The van der Waals surface area contributed by atoms with E-state index in [0.717, 1.165) is 11.4 Å². The highest BCUT2D eigenvalue weighted by molar-refractivity contribution is 7.99. The van der Waals surface area contributed by atoms with Crippen molar-refractivity contribution in [2.45, 2.75) is 30.2 Å². The van der Waals surface area contributed by atoms with Crippen LogP contribution in [0.15, 0.2) is 29.4 Å². The van der Waals surface area contributed by atoms with E-state index in [9.17, 15) is 8.78 Å². The van der Waals surface area contributed by atoms with Gasteiger partial charge in [-0.05, 0) is 24.6 Å². The first-order valence-electron chi connectivity index (χ1n) is 6.70. The predicted molar refractivity (Wildman–Crippen MR) is 81.1 cm³/mol. The molecular formula is C14H18F2N4OS. The summed E-state index contributed by atoms with van der Waals surface area (Å²) in [5.41, 5.74) is 0.956. The summed E-state index contributed by atoms with van der Waals surface area (Å²) < 4.78 is 32.0. The van der Waals surface area contributed by atoms with Gasteiger partial charge in [0.1, 0.15) is 17.9 Å². The van der Waals surface area contributed by atoms with E-state index in [1.54, 1.807) is 18.5 Å². The number of alkyl halides is 2. The number of hydrogen-bond acceptors (Lipinski definition) is 5. The third-order valence-corrected chi connectivity index (χ3v) is 4.04. The van der Waals surface area contributed by atoms with E-state index in [4.69, 9.17) is 4.74 Å². The minimum Gasteiger partial charge on any atom is -0.496 e. The van der Waals surface area contributed by atoms with Gasteiger partial charge in [0, 0.05) is 13.1 Å². The van der Waals surface area contributed by atoms with E-state index >= 15 is 0 Å². The van der Waals surface area contributed by atoms with Crippen molar-refractivity contribution >= 4 is 11.8 Å². The van der Waals surface area contributed by atoms with E-state index in [1.807, 2.05) is 24.6 Å². The molecule has 0 fully saturated rings. The summed E-state index contributed by atoms with van der Waals surface area (Å²) in [5.74, 6) is -1.19. The van der Waals surface area contributed by atoms with Crippen LogP contribution in [0, 0.1) is 0 Å². The molecule has 0 radical (unpaired) electrons. The van der Waals surface area contributed by atoms with Gasteiger partial charge in [-0.15, -0.1) is 10.2 Å². The maximum Gasteiger partial charge on any atom is 0.289 e. The second kappa shape index (κ2) is 7.55. The summed E-state index contributed by atoms with van der Waals surface area (Å²) in [4.78, 5) is 0.432. The summed E-state index contributed by atoms with van der Waals surface area (Å²) in [6.45, 7) is 2.55. The second-order valence-electron chi connectivity index (χ2n) is 4.75. The zero-order valence-electron chi connectivity index (χ0n) is 12.6. The molecule has 1 unspecified atom stereocenters. The van der Waals surface area contributed by atoms with Gasteiger partial charge in [-0.3, -0.25) is 0 Å². The van der Waals surface area contributed by atoms with Crippen LogP contribution < -0.4 is 10.1 Å². The van der Waals surface area contributed by atoms with E-state index in [2.05, 4.69) is 15.5 Å². The number of methoxy groups -OCH3 is 1. The largest absolute Gasteiger partial charge is 0.496 e. The average Bonchev–Trinajstić information content (AvgIpc) is 2.90. The van der Waals surface area contributed by atoms with E-state index in [-0.39, 0.29) is 6.04 Å². The van der Waals surface area contributed by atoms with Crippen molar-refractivity contribution in [2.24, 2.45) is 7.05 Å². The molecule has 0 saturated heterocycles. The van der Waals surface area contributed by atoms with Gasteiger partial charge in [-0.1, -0.05) is 17.8 Å². The summed E-state index contributed by atoms with van der Waals surface area (Å²) >= 11 is 0.483. The number of nitrogens with one attached hydrogen (secondary N) is 1. The second-order valence-corrected chi connectivity index (χ2v) is 5.78. The molecule has 0 amide bonds. The van der Waals surface area contributed by atoms with E-state index < -0.39 is 5.76 Å². The molecule has 0 spiro atoms. The Kier molecular flexibility index (Phi) is 5.73. The maximum atomic E-state index is 12.5. The minimum atomic E-state index is -2.47. The third-order valence-electron chi connectivity index (χ3n) is 3.28. The third kappa shape index (κ3) is 4.17. The Hall–Kier alpha value is -1.67. The van der Waals surface area contributed by atoms with Crippen LogP contribution in [-0.2, 0) is 13.6 Å².